The fraction of sp³-hybridized carbons (Fsp3) is 0.167. The molecule has 4 aromatic rings. The van der Waals surface area contributed by atoms with Crippen molar-refractivity contribution < 1.29 is 4.79 Å². The lowest BCUT2D eigenvalue weighted by Gasteiger charge is -2.01. The minimum Gasteiger partial charge on any atom is -0.302 e. The number of rotatable bonds is 4. The fourth-order valence-electron chi connectivity index (χ4n) is 2.87. The van der Waals surface area contributed by atoms with Crippen molar-refractivity contribution in [2.75, 3.05) is 5.32 Å². The number of nitrogens with one attached hydrogen (secondary N) is 1. The molecule has 1 amide bonds. The van der Waals surface area contributed by atoms with Gasteiger partial charge in [0.2, 0.25) is 5.91 Å². The summed E-state index contributed by atoms with van der Waals surface area (Å²) in [4.78, 5) is 30.1. The number of benzene rings is 1. The topological polar surface area (TPSA) is 68.9 Å². The van der Waals surface area contributed by atoms with Crippen molar-refractivity contribution in [3.05, 3.63) is 54.9 Å². The van der Waals surface area contributed by atoms with Gasteiger partial charge in [0, 0.05) is 25.0 Å². The zero-order chi connectivity index (χ0) is 20.0. The highest BCUT2D eigenvalue weighted by Gasteiger charge is 2.17. The number of aromatic nitrogens is 3. The van der Waals surface area contributed by atoms with E-state index in [0.717, 1.165) is 16.0 Å². The van der Waals surface area contributed by atoms with Gasteiger partial charge in [0.1, 0.15) is 4.83 Å². The molecule has 6 nitrogen and oxygen atoms in total. The van der Waals surface area contributed by atoms with Gasteiger partial charge in [-0.15, -0.1) is 22.7 Å². The number of halogens is 2. The first-order valence-electron chi connectivity index (χ1n) is 8.18. The molecular weight excluding hydrogens is 439 g/mol. The number of nitrogens with zero attached hydrogens (tertiary/aromatic N) is 3. The lowest BCUT2D eigenvalue weighted by Crippen LogP contribution is -2.18. The van der Waals surface area contributed by atoms with Gasteiger partial charge in [-0.05, 0) is 23.1 Å². The Morgan fingerprint density at radius 1 is 1.14 bits per heavy atom. The number of amides is 1. The average molecular weight is 453 g/mol. The van der Waals surface area contributed by atoms with Crippen LogP contribution in [0.3, 0.4) is 0 Å². The number of thiophene rings is 1. The molecular formula is C18H14Cl2N4O2S2. The number of fused-ring (bicyclic) bond motifs is 1. The molecule has 0 bridgehead atoms. The van der Waals surface area contributed by atoms with Gasteiger partial charge in [-0.25, -0.2) is 4.98 Å². The zero-order valence-corrected chi connectivity index (χ0v) is 18.0. The molecule has 3 aromatic heterocycles. The summed E-state index contributed by atoms with van der Waals surface area (Å²) in [5, 5.41) is 8.50. The Bertz CT molecular complexity index is 1270. The highest BCUT2D eigenvalue weighted by molar-refractivity contribution is 7.17. The number of carbonyl (C=O) groups is 1. The molecule has 144 valence electrons. The number of anilines is 1. The molecule has 28 heavy (non-hydrogen) atoms. The SMILES string of the molecule is Cn1c(=O)c2c(CC(=O)Nc3nc(-c4ccc(Cl)c(Cl)c4)cs3)csc2n1C. The van der Waals surface area contributed by atoms with Crippen LogP contribution in [0.25, 0.3) is 21.5 Å². The van der Waals surface area contributed by atoms with Crippen molar-refractivity contribution in [1.82, 2.24) is 14.3 Å². The molecule has 1 N–H and O–H groups in total. The normalized spacial score (nSPS) is 11.3. The van der Waals surface area contributed by atoms with Crippen LogP contribution in [0.1, 0.15) is 5.56 Å². The van der Waals surface area contributed by atoms with Gasteiger partial charge in [-0.2, -0.15) is 0 Å². The van der Waals surface area contributed by atoms with Gasteiger partial charge in [-0.3, -0.25) is 19.0 Å². The van der Waals surface area contributed by atoms with Crippen LogP contribution in [0.5, 0.6) is 0 Å². The standard InChI is InChI=1S/C18H14Cl2N4O2S2/c1-23-16(26)15-10(7-27-17(15)24(23)2)6-14(25)22-18-21-13(8-28-18)9-3-4-11(19)12(20)5-9/h3-5,7-8H,6H2,1-2H3,(H,21,22,25). The summed E-state index contributed by atoms with van der Waals surface area (Å²) in [6.45, 7) is 0. The third-order valence-corrected chi connectivity index (χ3v) is 7.01. The van der Waals surface area contributed by atoms with E-state index in [1.165, 1.54) is 27.4 Å². The number of thiazole rings is 1. The maximum Gasteiger partial charge on any atom is 0.275 e. The summed E-state index contributed by atoms with van der Waals surface area (Å²) in [5.74, 6) is -0.222. The van der Waals surface area contributed by atoms with Crippen LogP contribution >= 0.6 is 45.9 Å². The minimum atomic E-state index is -0.222. The monoisotopic (exact) mass is 452 g/mol. The van der Waals surface area contributed by atoms with Crippen LogP contribution < -0.4 is 10.9 Å². The highest BCUT2D eigenvalue weighted by Crippen LogP contribution is 2.30. The molecule has 0 aliphatic heterocycles. The first-order valence-corrected chi connectivity index (χ1v) is 10.7. The molecule has 0 radical (unpaired) electrons. The summed E-state index contributed by atoms with van der Waals surface area (Å²) in [5.41, 5.74) is 2.14. The van der Waals surface area contributed by atoms with Crippen LogP contribution in [0.15, 0.2) is 33.8 Å². The molecule has 0 fully saturated rings. The van der Waals surface area contributed by atoms with E-state index in [4.69, 9.17) is 23.2 Å². The lowest BCUT2D eigenvalue weighted by atomic mass is 10.2. The van der Waals surface area contributed by atoms with Crippen LogP contribution in [0.2, 0.25) is 10.0 Å². The van der Waals surface area contributed by atoms with Gasteiger partial charge in [0.25, 0.3) is 5.56 Å². The Balaban J connectivity index is 1.52. The predicted octanol–water partition coefficient (Wildman–Crippen LogP) is 4.55. The van der Waals surface area contributed by atoms with Crippen LogP contribution in [-0.4, -0.2) is 20.3 Å². The fourth-order valence-corrected chi connectivity index (χ4v) is 4.97. The predicted molar refractivity (Wildman–Crippen MR) is 116 cm³/mol. The lowest BCUT2D eigenvalue weighted by molar-refractivity contribution is -0.115. The summed E-state index contributed by atoms with van der Waals surface area (Å²) in [6.07, 6.45) is 0.112. The molecule has 0 unspecified atom stereocenters. The van der Waals surface area contributed by atoms with E-state index in [9.17, 15) is 9.59 Å². The van der Waals surface area contributed by atoms with E-state index in [-0.39, 0.29) is 17.9 Å². The second-order valence-electron chi connectivity index (χ2n) is 6.19. The summed E-state index contributed by atoms with van der Waals surface area (Å²) < 4.78 is 3.32. The van der Waals surface area contributed by atoms with E-state index in [1.54, 1.807) is 23.9 Å². The highest BCUT2D eigenvalue weighted by atomic mass is 35.5. The van der Waals surface area contributed by atoms with Gasteiger partial charge in [-0.1, -0.05) is 29.3 Å². The van der Waals surface area contributed by atoms with E-state index < -0.39 is 0 Å². The quantitative estimate of drug-likeness (QED) is 0.493. The number of hydrogen-bond acceptors (Lipinski definition) is 5. The Hall–Kier alpha value is -2.13. The van der Waals surface area contributed by atoms with E-state index in [1.807, 2.05) is 23.9 Å². The van der Waals surface area contributed by atoms with Gasteiger partial charge >= 0.3 is 0 Å². The Labute approximate surface area is 177 Å². The smallest absolute Gasteiger partial charge is 0.275 e. The molecule has 0 saturated heterocycles. The van der Waals surface area contributed by atoms with Gasteiger partial charge in [0.05, 0.1) is 27.5 Å². The number of hydrogen-bond donors (Lipinski definition) is 1. The number of aryl methyl sites for hydroxylation is 1. The van der Waals surface area contributed by atoms with Crippen molar-refractivity contribution >= 4 is 67.1 Å². The number of carbonyl (C=O) groups excluding carboxylic acids is 1. The molecule has 4 rings (SSSR count). The Morgan fingerprint density at radius 2 is 1.93 bits per heavy atom. The van der Waals surface area contributed by atoms with Crippen LogP contribution in [0, 0.1) is 0 Å². The van der Waals surface area contributed by atoms with E-state index in [2.05, 4.69) is 10.3 Å². The summed E-state index contributed by atoms with van der Waals surface area (Å²) in [6, 6.07) is 5.26. The van der Waals surface area contributed by atoms with E-state index >= 15 is 0 Å². The maximum absolute atomic E-state index is 12.5. The second-order valence-corrected chi connectivity index (χ2v) is 8.72. The summed E-state index contributed by atoms with van der Waals surface area (Å²) in [7, 11) is 3.53. The van der Waals surface area contributed by atoms with Crippen LogP contribution in [-0.2, 0) is 25.3 Å². The Kier molecular flexibility index (Phi) is 5.05. The third kappa shape index (κ3) is 3.37. The van der Waals surface area contributed by atoms with Crippen molar-refractivity contribution in [3.63, 3.8) is 0 Å². The average Bonchev–Trinajstić information content (AvgIpc) is 3.33. The molecule has 10 heteroatoms. The van der Waals surface area contributed by atoms with E-state index in [0.29, 0.717) is 26.3 Å². The van der Waals surface area contributed by atoms with Crippen molar-refractivity contribution in [2.45, 2.75) is 6.42 Å². The molecule has 0 aliphatic rings. The first-order chi connectivity index (χ1) is 13.3. The molecule has 0 aliphatic carbocycles. The minimum absolute atomic E-state index is 0.0994. The van der Waals surface area contributed by atoms with Crippen molar-refractivity contribution in [3.8, 4) is 11.3 Å². The molecule has 3 heterocycles. The third-order valence-electron chi connectivity index (χ3n) is 4.42. The van der Waals surface area contributed by atoms with Crippen molar-refractivity contribution in [2.24, 2.45) is 14.1 Å². The maximum atomic E-state index is 12.5. The van der Waals surface area contributed by atoms with Crippen molar-refractivity contribution in [1.29, 1.82) is 0 Å². The van der Waals surface area contributed by atoms with Gasteiger partial charge in [0.15, 0.2) is 5.13 Å². The van der Waals surface area contributed by atoms with Crippen LogP contribution in [0.4, 0.5) is 5.13 Å². The zero-order valence-electron chi connectivity index (χ0n) is 14.8. The Morgan fingerprint density at radius 3 is 2.68 bits per heavy atom. The first kappa shape index (κ1) is 19.2. The largest absolute Gasteiger partial charge is 0.302 e. The van der Waals surface area contributed by atoms with Gasteiger partial charge < -0.3 is 5.32 Å². The molecule has 0 saturated carbocycles. The molecule has 0 atom stereocenters. The summed E-state index contributed by atoms with van der Waals surface area (Å²) >= 11 is 14.8. The molecule has 0 spiro atoms. The second kappa shape index (κ2) is 7.36. The molecule has 1 aromatic carbocycles.